The van der Waals surface area contributed by atoms with Crippen LogP contribution >= 0.6 is 0 Å². The molecule has 1 aromatic carbocycles. The molecule has 4 rings (SSSR count). The highest BCUT2D eigenvalue weighted by Crippen LogP contribution is 2.29. The maximum atomic E-state index is 10.0. The van der Waals surface area contributed by atoms with Gasteiger partial charge in [-0.1, -0.05) is 30.3 Å². The van der Waals surface area contributed by atoms with Gasteiger partial charge in [0.1, 0.15) is 6.10 Å². The van der Waals surface area contributed by atoms with Gasteiger partial charge in [0.15, 0.2) is 0 Å². The van der Waals surface area contributed by atoms with Crippen LogP contribution in [0.2, 0.25) is 0 Å². The van der Waals surface area contributed by atoms with Gasteiger partial charge in [0.2, 0.25) is 5.88 Å². The second-order valence-corrected chi connectivity index (χ2v) is 7.66. The topological polar surface area (TPSA) is 70.5 Å². The Morgan fingerprint density at radius 2 is 2.03 bits per heavy atom. The summed E-state index contributed by atoms with van der Waals surface area (Å²) in [5.41, 5.74) is 5.93. The summed E-state index contributed by atoms with van der Waals surface area (Å²) < 4.78 is 6.05. The summed E-state index contributed by atoms with van der Waals surface area (Å²) in [6, 6.07) is 16.2. The first-order valence-corrected chi connectivity index (χ1v) is 10.4. The molecule has 3 heterocycles. The number of aromatic nitrogens is 2. The van der Waals surface area contributed by atoms with Crippen molar-refractivity contribution in [3.8, 4) is 17.1 Å². The van der Waals surface area contributed by atoms with Gasteiger partial charge in [-0.05, 0) is 37.2 Å². The zero-order valence-electron chi connectivity index (χ0n) is 17.5. The van der Waals surface area contributed by atoms with Crippen molar-refractivity contribution >= 4 is 5.69 Å². The molecular formula is C24H28N4O2. The first kappa shape index (κ1) is 20.3. The van der Waals surface area contributed by atoms with E-state index in [0.29, 0.717) is 11.6 Å². The molecule has 2 N–H and O–H groups in total. The number of rotatable bonds is 7. The molecular weight excluding hydrogens is 376 g/mol. The second-order valence-electron chi connectivity index (χ2n) is 7.66. The first-order valence-electron chi connectivity index (χ1n) is 10.4. The van der Waals surface area contributed by atoms with E-state index in [-0.39, 0.29) is 12.7 Å². The fraction of sp³-hybridized carbons (Fsp3) is 0.333. The van der Waals surface area contributed by atoms with E-state index in [4.69, 9.17) is 9.72 Å². The average molecular weight is 405 g/mol. The molecule has 1 atom stereocenters. The quantitative estimate of drug-likeness (QED) is 0.630. The van der Waals surface area contributed by atoms with Crippen molar-refractivity contribution in [1.29, 1.82) is 0 Å². The van der Waals surface area contributed by atoms with Crippen LogP contribution in [-0.4, -0.2) is 41.3 Å². The number of benzene rings is 1. The van der Waals surface area contributed by atoms with E-state index in [1.54, 1.807) is 0 Å². The number of anilines is 1. The molecule has 156 valence electrons. The van der Waals surface area contributed by atoms with Crippen molar-refractivity contribution in [1.82, 2.24) is 15.3 Å². The van der Waals surface area contributed by atoms with Crippen LogP contribution in [0.15, 0.2) is 54.7 Å². The second kappa shape index (κ2) is 9.24. The number of ether oxygens (including phenoxy) is 1. The van der Waals surface area contributed by atoms with Crippen LogP contribution < -0.4 is 15.0 Å². The third-order valence-electron chi connectivity index (χ3n) is 5.42. The summed E-state index contributed by atoms with van der Waals surface area (Å²) in [5.74, 6) is 0.657. The van der Waals surface area contributed by atoms with Gasteiger partial charge in [-0.2, -0.15) is 0 Å². The van der Waals surface area contributed by atoms with Crippen molar-refractivity contribution in [3.63, 3.8) is 0 Å². The number of aliphatic hydroxyl groups excluding tert-OH is 1. The number of nitrogens with one attached hydrogen (secondary N) is 1. The molecule has 1 unspecified atom stereocenters. The molecule has 6 nitrogen and oxygen atoms in total. The van der Waals surface area contributed by atoms with Gasteiger partial charge in [0.05, 0.1) is 30.2 Å². The number of nitrogens with zero attached hydrogens (tertiary/aromatic N) is 3. The molecule has 0 radical (unpaired) electrons. The molecule has 3 aromatic rings. The standard InChI is InChI=1S/C24H28N4O2/c1-17-7-10-24(26-13-17)30-19-11-12-28(15-19)23-9-8-21(27-22(23)16-29)20-6-4-3-5-18(20)14-25-2/h3-10,13,19,25,29H,11-12,14-16H2,1-2H3. The molecule has 0 spiro atoms. The summed E-state index contributed by atoms with van der Waals surface area (Å²) in [6.07, 6.45) is 2.80. The zero-order valence-corrected chi connectivity index (χ0v) is 17.5. The first-order chi connectivity index (χ1) is 14.7. The normalized spacial score (nSPS) is 16.1. The van der Waals surface area contributed by atoms with E-state index in [1.165, 1.54) is 5.56 Å². The van der Waals surface area contributed by atoms with Gasteiger partial charge in [-0.3, -0.25) is 0 Å². The Bertz CT molecular complexity index is 991. The Balaban J connectivity index is 1.52. The van der Waals surface area contributed by atoms with Crippen molar-refractivity contribution in [2.75, 3.05) is 25.0 Å². The third kappa shape index (κ3) is 4.45. The minimum Gasteiger partial charge on any atom is -0.472 e. The highest BCUT2D eigenvalue weighted by atomic mass is 16.5. The fourth-order valence-electron chi connectivity index (χ4n) is 3.90. The number of aliphatic hydroxyl groups is 1. The highest BCUT2D eigenvalue weighted by Gasteiger charge is 2.26. The Morgan fingerprint density at radius 1 is 1.17 bits per heavy atom. The number of pyridine rings is 2. The predicted octanol–water partition coefficient (Wildman–Crippen LogP) is 3.32. The van der Waals surface area contributed by atoms with Gasteiger partial charge in [-0.15, -0.1) is 0 Å². The van der Waals surface area contributed by atoms with Gasteiger partial charge >= 0.3 is 0 Å². The monoisotopic (exact) mass is 404 g/mol. The molecule has 30 heavy (non-hydrogen) atoms. The molecule has 6 heteroatoms. The number of hydrogen-bond acceptors (Lipinski definition) is 6. The predicted molar refractivity (Wildman–Crippen MR) is 119 cm³/mol. The summed E-state index contributed by atoms with van der Waals surface area (Å²) in [7, 11) is 1.93. The molecule has 1 saturated heterocycles. The highest BCUT2D eigenvalue weighted by molar-refractivity contribution is 5.67. The van der Waals surface area contributed by atoms with Crippen molar-refractivity contribution in [2.24, 2.45) is 0 Å². The van der Waals surface area contributed by atoms with Gasteiger partial charge in [-0.25, -0.2) is 9.97 Å². The molecule has 0 saturated carbocycles. The molecule has 1 aliphatic heterocycles. The van der Waals surface area contributed by atoms with E-state index in [9.17, 15) is 5.11 Å². The van der Waals surface area contributed by atoms with Crippen LogP contribution in [0.5, 0.6) is 5.88 Å². The molecule has 0 bridgehead atoms. The smallest absolute Gasteiger partial charge is 0.213 e. The van der Waals surface area contributed by atoms with E-state index >= 15 is 0 Å². The molecule has 1 fully saturated rings. The third-order valence-corrected chi connectivity index (χ3v) is 5.42. The van der Waals surface area contributed by atoms with Crippen molar-refractivity contribution < 1.29 is 9.84 Å². The fourth-order valence-corrected chi connectivity index (χ4v) is 3.90. The Morgan fingerprint density at radius 3 is 2.80 bits per heavy atom. The van der Waals surface area contributed by atoms with Crippen LogP contribution in [0.1, 0.15) is 23.2 Å². The Hall–Kier alpha value is -2.96. The summed E-state index contributed by atoms with van der Waals surface area (Å²) in [6.45, 7) is 4.30. The van der Waals surface area contributed by atoms with Gasteiger partial charge < -0.3 is 20.1 Å². The summed E-state index contributed by atoms with van der Waals surface area (Å²) >= 11 is 0. The lowest BCUT2D eigenvalue weighted by atomic mass is 10.0. The van der Waals surface area contributed by atoms with E-state index in [0.717, 1.165) is 48.6 Å². The van der Waals surface area contributed by atoms with Crippen LogP contribution in [0.3, 0.4) is 0 Å². The van der Waals surface area contributed by atoms with Crippen LogP contribution in [0, 0.1) is 6.92 Å². The van der Waals surface area contributed by atoms with E-state index < -0.39 is 0 Å². The maximum absolute atomic E-state index is 10.0. The summed E-state index contributed by atoms with van der Waals surface area (Å²) in [5, 5.41) is 13.2. The van der Waals surface area contributed by atoms with Gasteiger partial charge in [0, 0.05) is 37.3 Å². The largest absolute Gasteiger partial charge is 0.472 e. The van der Waals surface area contributed by atoms with E-state index in [2.05, 4.69) is 33.4 Å². The number of aryl methyl sites for hydroxylation is 1. The van der Waals surface area contributed by atoms with Crippen molar-refractivity contribution in [3.05, 3.63) is 71.5 Å². The lowest BCUT2D eigenvalue weighted by molar-refractivity contribution is 0.215. The minimum atomic E-state index is -0.0983. The minimum absolute atomic E-state index is 0.0720. The molecule has 1 aliphatic rings. The lowest BCUT2D eigenvalue weighted by Crippen LogP contribution is -2.26. The maximum Gasteiger partial charge on any atom is 0.213 e. The SMILES string of the molecule is CNCc1ccccc1-c1ccc(N2CCC(Oc3ccc(C)cn3)C2)c(CO)n1. The zero-order chi connectivity index (χ0) is 20.9. The molecule has 0 amide bonds. The van der Waals surface area contributed by atoms with Crippen LogP contribution in [-0.2, 0) is 13.2 Å². The van der Waals surface area contributed by atoms with E-state index in [1.807, 2.05) is 50.5 Å². The Kier molecular flexibility index (Phi) is 6.26. The Labute approximate surface area is 177 Å². The van der Waals surface area contributed by atoms with Gasteiger partial charge in [0.25, 0.3) is 0 Å². The lowest BCUT2D eigenvalue weighted by Gasteiger charge is -2.22. The average Bonchev–Trinajstić information content (AvgIpc) is 3.24. The van der Waals surface area contributed by atoms with Crippen LogP contribution in [0.4, 0.5) is 5.69 Å². The molecule has 2 aromatic heterocycles. The van der Waals surface area contributed by atoms with Crippen molar-refractivity contribution in [2.45, 2.75) is 32.6 Å². The summed E-state index contributed by atoms with van der Waals surface area (Å²) in [4.78, 5) is 11.4. The van der Waals surface area contributed by atoms with Crippen LogP contribution in [0.25, 0.3) is 11.3 Å². The molecule has 0 aliphatic carbocycles. The number of hydrogen-bond donors (Lipinski definition) is 2.